The molecule has 1 aromatic carbocycles. The van der Waals surface area contributed by atoms with E-state index in [1.165, 1.54) is 44.7 Å². The van der Waals surface area contributed by atoms with Crippen LogP contribution in [0.15, 0.2) is 29.3 Å². The minimum absolute atomic E-state index is 0.0186. The molecule has 0 bridgehead atoms. The largest absolute Gasteiger partial charge is 0.333 e. The van der Waals surface area contributed by atoms with E-state index >= 15 is 0 Å². The molecule has 1 amide bonds. The van der Waals surface area contributed by atoms with Crippen LogP contribution in [0.5, 0.6) is 0 Å². The first kappa shape index (κ1) is 20.6. The Bertz CT molecular complexity index is 744. The number of benzene rings is 1. The summed E-state index contributed by atoms with van der Waals surface area (Å²) in [6, 6.07) is 6.54. The summed E-state index contributed by atoms with van der Waals surface area (Å²) in [6.45, 7) is 3.63. The molecule has 2 unspecified atom stereocenters. The highest BCUT2D eigenvalue weighted by atomic mass is 32.2. The molecule has 1 aliphatic carbocycles. The predicted octanol–water partition coefficient (Wildman–Crippen LogP) is 4.42. The lowest BCUT2D eigenvalue weighted by Crippen LogP contribution is -2.50. The Hall–Kier alpha value is -2.09. The topological polar surface area (TPSA) is 79.0 Å². The Kier molecular flexibility index (Phi) is 6.59. The first-order valence-electron chi connectivity index (χ1n) is 9.90. The number of nitro groups is 1. The van der Waals surface area contributed by atoms with Crippen LogP contribution in [0.25, 0.3) is 0 Å². The van der Waals surface area contributed by atoms with E-state index in [1.54, 1.807) is 28.8 Å². The van der Waals surface area contributed by atoms with Gasteiger partial charge >= 0.3 is 0 Å². The summed E-state index contributed by atoms with van der Waals surface area (Å²) in [5.74, 6) is -0.0890. The van der Waals surface area contributed by atoms with Crippen LogP contribution < -0.4 is 4.90 Å². The molecule has 152 valence electrons. The fourth-order valence-electron chi connectivity index (χ4n) is 4.04. The van der Waals surface area contributed by atoms with Gasteiger partial charge in [0.05, 0.1) is 11.0 Å². The Morgan fingerprint density at radius 2 is 1.82 bits per heavy atom. The zero-order valence-electron chi connectivity index (χ0n) is 16.7. The molecule has 8 heteroatoms. The van der Waals surface area contributed by atoms with E-state index in [0.717, 1.165) is 18.0 Å². The van der Waals surface area contributed by atoms with Crippen LogP contribution in [0.3, 0.4) is 0 Å². The van der Waals surface area contributed by atoms with Crippen molar-refractivity contribution >= 4 is 34.2 Å². The summed E-state index contributed by atoms with van der Waals surface area (Å²) < 4.78 is 0. The number of nitro benzene ring substituents is 1. The van der Waals surface area contributed by atoms with Crippen LogP contribution in [-0.2, 0) is 4.79 Å². The molecule has 2 fully saturated rings. The summed E-state index contributed by atoms with van der Waals surface area (Å²) in [5, 5.41) is 12.1. The molecule has 1 saturated carbocycles. The quantitative estimate of drug-likeness (QED) is 0.422. The molecule has 0 aromatic heterocycles. The van der Waals surface area contributed by atoms with Crippen molar-refractivity contribution in [3.63, 3.8) is 0 Å². The van der Waals surface area contributed by atoms with E-state index in [9.17, 15) is 14.9 Å². The highest BCUT2D eigenvalue weighted by molar-refractivity contribution is 8.14. The van der Waals surface area contributed by atoms with Crippen LogP contribution in [0.1, 0.15) is 52.4 Å². The molecular formula is C20H28N4O3S. The number of carbonyl (C=O) groups is 1. The highest BCUT2D eigenvalue weighted by Crippen LogP contribution is 2.36. The van der Waals surface area contributed by atoms with Gasteiger partial charge in [-0.1, -0.05) is 37.4 Å². The van der Waals surface area contributed by atoms with Crippen molar-refractivity contribution in [2.45, 2.75) is 69.8 Å². The minimum atomic E-state index is -0.431. The number of hydrogen-bond acceptors (Lipinski definition) is 5. The molecule has 0 radical (unpaired) electrons. The van der Waals surface area contributed by atoms with E-state index < -0.39 is 4.92 Å². The number of amidine groups is 1. The van der Waals surface area contributed by atoms with Crippen LogP contribution in [0, 0.1) is 10.1 Å². The van der Waals surface area contributed by atoms with Gasteiger partial charge in [0.1, 0.15) is 6.17 Å². The van der Waals surface area contributed by atoms with E-state index in [1.807, 2.05) is 7.05 Å². The second-order valence-corrected chi connectivity index (χ2v) is 8.91. The van der Waals surface area contributed by atoms with E-state index in [0.29, 0.717) is 11.7 Å². The molecule has 0 N–H and O–H groups in total. The second-order valence-electron chi connectivity index (χ2n) is 7.57. The first-order valence-corrected chi connectivity index (χ1v) is 10.8. The van der Waals surface area contributed by atoms with Gasteiger partial charge in [0, 0.05) is 37.0 Å². The summed E-state index contributed by atoms with van der Waals surface area (Å²) in [5.41, 5.74) is 0.684. The van der Waals surface area contributed by atoms with Gasteiger partial charge in [-0.3, -0.25) is 24.8 Å². The lowest BCUT2D eigenvalue weighted by Gasteiger charge is -2.35. The first-order chi connectivity index (χ1) is 13.4. The number of non-ortho nitro benzene ring substituents is 1. The molecule has 3 rings (SSSR count). The lowest BCUT2D eigenvalue weighted by atomic mass is 10.1. The van der Waals surface area contributed by atoms with Crippen LogP contribution >= 0.6 is 11.8 Å². The van der Waals surface area contributed by atoms with Gasteiger partial charge in [0.2, 0.25) is 5.91 Å². The molecule has 1 saturated heterocycles. The molecule has 1 aliphatic heterocycles. The third-order valence-electron chi connectivity index (χ3n) is 5.47. The normalized spacial score (nSPS) is 25.0. The average Bonchev–Trinajstić information content (AvgIpc) is 2.84. The van der Waals surface area contributed by atoms with Gasteiger partial charge in [-0.25, -0.2) is 0 Å². The monoisotopic (exact) mass is 404 g/mol. The van der Waals surface area contributed by atoms with Crippen molar-refractivity contribution in [1.82, 2.24) is 4.90 Å². The maximum Gasteiger partial charge on any atom is 0.269 e. The van der Waals surface area contributed by atoms with Crippen LogP contribution in [-0.4, -0.2) is 45.4 Å². The third-order valence-corrected chi connectivity index (χ3v) is 6.69. The van der Waals surface area contributed by atoms with Gasteiger partial charge in [-0.05, 0) is 31.9 Å². The molecule has 7 nitrogen and oxygen atoms in total. The summed E-state index contributed by atoms with van der Waals surface area (Å²) in [6.07, 6.45) is 7.15. The summed E-state index contributed by atoms with van der Waals surface area (Å²) in [4.78, 5) is 31.8. The van der Waals surface area contributed by atoms with E-state index in [-0.39, 0.29) is 23.0 Å². The SMILES string of the molecule is CC(=O)N(c1ccc([N+](=O)[O-])cc1)C1C(C)SC(=NC2CCCCCC2)N1C. The van der Waals surface area contributed by atoms with Crippen molar-refractivity contribution in [2.24, 2.45) is 4.99 Å². The second kappa shape index (κ2) is 8.94. The molecule has 2 atom stereocenters. The summed E-state index contributed by atoms with van der Waals surface area (Å²) in [7, 11) is 1.98. The van der Waals surface area contributed by atoms with Crippen LogP contribution in [0.4, 0.5) is 11.4 Å². The lowest BCUT2D eigenvalue weighted by molar-refractivity contribution is -0.384. The molecule has 1 aromatic rings. The minimum Gasteiger partial charge on any atom is -0.333 e. The maximum atomic E-state index is 12.5. The Balaban J connectivity index is 1.84. The zero-order chi connectivity index (χ0) is 20.3. The highest BCUT2D eigenvalue weighted by Gasteiger charge is 2.40. The van der Waals surface area contributed by atoms with Crippen molar-refractivity contribution in [1.29, 1.82) is 0 Å². The standard InChI is InChI=1S/C20H28N4O3S/c1-14-19(22(3)20(28-14)21-16-8-6-4-5-7-9-16)23(15(2)25)17-10-12-18(13-11-17)24(26)27/h10-14,16,19H,4-9H2,1-3H3. The summed E-state index contributed by atoms with van der Waals surface area (Å²) >= 11 is 1.70. The number of carbonyl (C=O) groups excluding carboxylic acids is 1. The molecule has 0 spiro atoms. The third kappa shape index (κ3) is 4.48. The average molecular weight is 405 g/mol. The molecular weight excluding hydrogens is 376 g/mol. The van der Waals surface area contributed by atoms with Gasteiger partial charge in [-0.2, -0.15) is 0 Å². The molecule has 1 heterocycles. The number of thioether (sulfide) groups is 1. The Labute approximate surface area is 170 Å². The number of rotatable bonds is 4. The number of anilines is 1. The molecule has 2 aliphatic rings. The van der Waals surface area contributed by atoms with E-state index in [4.69, 9.17) is 4.99 Å². The van der Waals surface area contributed by atoms with Gasteiger partial charge in [0.25, 0.3) is 5.69 Å². The van der Waals surface area contributed by atoms with E-state index in [2.05, 4.69) is 11.8 Å². The smallest absolute Gasteiger partial charge is 0.269 e. The van der Waals surface area contributed by atoms with Gasteiger partial charge < -0.3 is 4.90 Å². The maximum absolute atomic E-state index is 12.5. The Morgan fingerprint density at radius 3 is 2.36 bits per heavy atom. The van der Waals surface area contributed by atoms with Gasteiger partial charge in [0.15, 0.2) is 5.17 Å². The Morgan fingerprint density at radius 1 is 1.21 bits per heavy atom. The van der Waals surface area contributed by atoms with Crippen molar-refractivity contribution in [2.75, 3.05) is 11.9 Å². The number of hydrogen-bond donors (Lipinski definition) is 0. The number of amides is 1. The predicted molar refractivity (Wildman–Crippen MR) is 114 cm³/mol. The van der Waals surface area contributed by atoms with Crippen molar-refractivity contribution < 1.29 is 9.72 Å². The van der Waals surface area contributed by atoms with Crippen molar-refractivity contribution in [3.05, 3.63) is 34.4 Å². The fourth-order valence-corrected chi connectivity index (χ4v) is 5.28. The fraction of sp³-hybridized carbons (Fsp3) is 0.600. The van der Waals surface area contributed by atoms with Crippen molar-refractivity contribution in [3.8, 4) is 0 Å². The molecule has 28 heavy (non-hydrogen) atoms. The zero-order valence-corrected chi connectivity index (χ0v) is 17.5. The van der Waals surface area contributed by atoms with Crippen LogP contribution in [0.2, 0.25) is 0 Å². The van der Waals surface area contributed by atoms with Gasteiger partial charge in [-0.15, -0.1) is 0 Å². The number of nitrogens with zero attached hydrogens (tertiary/aromatic N) is 4. The number of aliphatic imine (C=N–C) groups is 1.